The standard InChI is InChI=1S/C22H28BrNO4/c1-25-19-8-7-16(20(26-2)21(19)27-3)14-24-15-22(9-11-28-12-10-22)17-5-4-6-18(23)13-17/h4-8,13,24H,9-12,14-15H2,1-3H3. The molecule has 0 unspecified atom stereocenters. The molecule has 0 bridgehead atoms. The molecule has 0 aliphatic carbocycles. The highest BCUT2D eigenvalue weighted by molar-refractivity contribution is 9.10. The highest BCUT2D eigenvalue weighted by Crippen LogP contribution is 2.40. The molecule has 5 nitrogen and oxygen atoms in total. The molecule has 0 aromatic heterocycles. The van der Waals surface area contributed by atoms with Crippen molar-refractivity contribution in [3.8, 4) is 17.2 Å². The average Bonchev–Trinajstić information content (AvgIpc) is 2.73. The van der Waals surface area contributed by atoms with Crippen molar-refractivity contribution in [3.05, 3.63) is 52.0 Å². The van der Waals surface area contributed by atoms with E-state index < -0.39 is 0 Å². The normalized spacial score (nSPS) is 15.9. The molecule has 1 heterocycles. The minimum Gasteiger partial charge on any atom is -0.493 e. The molecule has 0 atom stereocenters. The molecule has 6 heteroatoms. The van der Waals surface area contributed by atoms with Crippen molar-refractivity contribution in [2.24, 2.45) is 0 Å². The van der Waals surface area contributed by atoms with Crippen molar-refractivity contribution in [2.75, 3.05) is 41.1 Å². The molecule has 2 aromatic rings. The number of ether oxygens (including phenoxy) is 4. The molecule has 3 rings (SSSR count). The topological polar surface area (TPSA) is 49.0 Å². The molecular weight excluding hydrogens is 422 g/mol. The average molecular weight is 450 g/mol. The number of methoxy groups -OCH3 is 3. The predicted molar refractivity (Wildman–Crippen MR) is 114 cm³/mol. The summed E-state index contributed by atoms with van der Waals surface area (Å²) < 4.78 is 23.2. The summed E-state index contributed by atoms with van der Waals surface area (Å²) in [5.41, 5.74) is 2.44. The maximum atomic E-state index is 5.64. The minimum absolute atomic E-state index is 0.0613. The second-order valence-electron chi connectivity index (χ2n) is 7.00. The van der Waals surface area contributed by atoms with Crippen LogP contribution in [0.15, 0.2) is 40.9 Å². The Morgan fingerprint density at radius 2 is 1.75 bits per heavy atom. The van der Waals surface area contributed by atoms with E-state index in [-0.39, 0.29) is 5.41 Å². The summed E-state index contributed by atoms with van der Waals surface area (Å²) >= 11 is 3.61. The minimum atomic E-state index is 0.0613. The zero-order valence-corrected chi connectivity index (χ0v) is 18.3. The fraction of sp³-hybridized carbons (Fsp3) is 0.455. The first-order valence-corrected chi connectivity index (χ1v) is 10.2. The first kappa shape index (κ1) is 21.0. The zero-order valence-electron chi connectivity index (χ0n) is 16.7. The van der Waals surface area contributed by atoms with Crippen LogP contribution in [0.3, 0.4) is 0 Å². The number of hydrogen-bond acceptors (Lipinski definition) is 5. The van der Waals surface area contributed by atoms with E-state index in [4.69, 9.17) is 18.9 Å². The number of halogens is 1. The summed E-state index contributed by atoms with van der Waals surface area (Å²) in [5, 5.41) is 3.65. The van der Waals surface area contributed by atoms with Gasteiger partial charge in [0.1, 0.15) is 0 Å². The lowest BCUT2D eigenvalue weighted by molar-refractivity contribution is 0.0497. The van der Waals surface area contributed by atoms with Crippen LogP contribution < -0.4 is 19.5 Å². The van der Waals surface area contributed by atoms with Crippen LogP contribution in [0.5, 0.6) is 17.2 Å². The van der Waals surface area contributed by atoms with Crippen molar-refractivity contribution < 1.29 is 18.9 Å². The molecule has 2 aromatic carbocycles. The van der Waals surface area contributed by atoms with Gasteiger partial charge in [0.25, 0.3) is 0 Å². The molecular formula is C22H28BrNO4. The maximum Gasteiger partial charge on any atom is 0.203 e. The van der Waals surface area contributed by atoms with E-state index in [9.17, 15) is 0 Å². The lowest BCUT2D eigenvalue weighted by Gasteiger charge is -2.38. The predicted octanol–water partition coefficient (Wildman–Crippen LogP) is 4.31. The van der Waals surface area contributed by atoms with Crippen LogP contribution in [0.25, 0.3) is 0 Å². The Hall–Kier alpha value is -1.76. The lowest BCUT2D eigenvalue weighted by atomic mass is 9.74. The third kappa shape index (κ3) is 4.45. The molecule has 0 radical (unpaired) electrons. The number of hydrogen-bond donors (Lipinski definition) is 1. The second kappa shape index (κ2) is 9.63. The summed E-state index contributed by atoms with van der Waals surface area (Å²) in [7, 11) is 4.91. The van der Waals surface area contributed by atoms with Gasteiger partial charge in [-0.1, -0.05) is 34.1 Å². The Morgan fingerprint density at radius 1 is 1.00 bits per heavy atom. The van der Waals surface area contributed by atoms with E-state index in [0.717, 1.165) is 42.6 Å². The van der Waals surface area contributed by atoms with Gasteiger partial charge in [0.05, 0.1) is 21.3 Å². The summed E-state index contributed by atoms with van der Waals surface area (Å²) in [6.45, 7) is 3.12. The van der Waals surface area contributed by atoms with Gasteiger partial charge in [-0.3, -0.25) is 0 Å². The van der Waals surface area contributed by atoms with Gasteiger partial charge in [0.15, 0.2) is 11.5 Å². The van der Waals surface area contributed by atoms with Gasteiger partial charge >= 0.3 is 0 Å². The first-order chi connectivity index (χ1) is 13.6. The quantitative estimate of drug-likeness (QED) is 0.650. The number of benzene rings is 2. The molecule has 1 N–H and O–H groups in total. The van der Waals surface area contributed by atoms with Crippen LogP contribution in [0.1, 0.15) is 24.0 Å². The van der Waals surface area contributed by atoms with E-state index in [1.807, 2.05) is 12.1 Å². The summed E-state index contributed by atoms with van der Waals surface area (Å²) in [6, 6.07) is 12.5. The van der Waals surface area contributed by atoms with Gasteiger partial charge in [-0.05, 0) is 36.6 Å². The SMILES string of the molecule is COc1ccc(CNCC2(c3cccc(Br)c3)CCOCC2)c(OC)c1OC. The van der Waals surface area contributed by atoms with Gasteiger partial charge < -0.3 is 24.3 Å². The lowest BCUT2D eigenvalue weighted by Crippen LogP contribution is -2.42. The molecule has 1 saturated heterocycles. The van der Waals surface area contributed by atoms with Crippen molar-refractivity contribution in [1.82, 2.24) is 5.32 Å². The Kier molecular flexibility index (Phi) is 7.21. The first-order valence-electron chi connectivity index (χ1n) is 9.46. The Bertz CT molecular complexity index is 790. The second-order valence-corrected chi connectivity index (χ2v) is 7.92. The van der Waals surface area contributed by atoms with Gasteiger partial charge in [-0.2, -0.15) is 0 Å². The summed E-state index contributed by atoms with van der Waals surface area (Å²) in [5.74, 6) is 1.99. The molecule has 0 saturated carbocycles. The molecule has 28 heavy (non-hydrogen) atoms. The van der Waals surface area contributed by atoms with Crippen molar-refractivity contribution in [2.45, 2.75) is 24.8 Å². The van der Waals surface area contributed by atoms with Crippen LogP contribution in [-0.4, -0.2) is 41.1 Å². The molecule has 152 valence electrons. The Balaban J connectivity index is 1.78. The van der Waals surface area contributed by atoms with E-state index in [0.29, 0.717) is 23.8 Å². The fourth-order valence-electron chi connectivity index (χ4n) is 3.89. The van der Waals surface area contributed by atoms with Crippen LogP contribution in [0.4, 0.5) is 0 Å². The molecule has 0 amide bonds. The van der Waals surface area contributed by atoms with Gasteiger partial charge in [-0.15, -0.1) is 0 Å². The van der Waals surface area contributed by atoms with Gasteiger partial charge in [-0.25, -0.2) is 0 Å². The van der Waals surface area contributed by atoms with Crippen molar-refractivity contribution in [1.29, 1.82) is 0 Å². The highest BCUT2D eigenvalue weighted by atomic mass is 79.9. The molecule has 1 aliphatic rings. The largest absolute Gasteiger partial charge is 0.493 e. The van der Waals surface area contributed by atoms with Crippen molar-refractivity contribution >= 4 is 15.9 Å². The van der Waals surface area contributed by atoms with Crippen LogP contribution in [0, 0.1) is 0 Å². The molecule has 1 aliphatic heterocycles. The van der Waals surface area contributed by atoms with E-state index >= 15 is 0 Å². The third-order valence-corrected chi connectivity index (χ3v) is 5.94. The Morgan fingerprint density at radius 3 is 2.39 bits per heavy atom. The fourth-order valence-corrected chi connectivity index (χ4v) is 4.29. The third-order valence-electron chi connectivity index (χ3n) is 5.45. The Labute approximate surface area is 175 Å². The monoisotopic (exact) mass is 449 g/mol. The summed E-state index contributed by atoms with van der Waals surface area (Å²) in [6.07, 6.45) is 2.00. The van der Waals surface area contributed by atoms with Gasteiger partial charge in [0.2, 0.25) is 5.75 Å². The summed E-state index contributed by atoms with van der Waals surface area (Å²) in [4.78, 5) is 0. The van der Waals surface area contributed by atoms with Crippen molar-refractivity contribution in [3.63, 3.8) is 0 Å². The van der Waals surface area contributed by atoms with Crippen LogP contribution in [-0.2, 0) is 16.7 Å². The van der Waals surface area contributed by atoms with E-state index in [1.54, 1.807) is 21.3 Å². The van der Waals surface area contributed by atoms with Crippen LogP contribution in [0.2, 0.25) is 0 Å². The molecule has 1 fully saturated rings. The number of rotatable bonds is 8. The molecule has 0 spiro atoms. The van der Waals surface area contributed by atoms with E-state index in [1.165, 1.54) is 5.56 Å². The maximum absolute atomic E-state index is 5.64. The zero-order chi connectivity index (χ0) is 20.0. The van der Waals surface area contributed by atoms with E-state index in [2.05, 4.69) is 45.5 Å². The van der Waals surface area contributed by atoms with Crippen LogP contribution >= 0.6 is 15.9 Å². The number of nitrogens with one attached hydrogen (secondary N) is 1. The smallest absolute Gasteiger partial charge is 0.203 e. The van der Waals surface area contributed by atoms with Gasteiger partial charge in [0, 0.05) is 41.8 Å². The highest BCUT2D eigenvalue weighted by Gasteiger charge is 2.34.